The fraction of sp³-hybridized carbons (Fsp3) is 0.481. The summed E-state index contributed by atoms with van der Waals surface area (Å²) in [6, 6.07) is 12.4. The van der Waals surface area contributed by atoms with Crippen molar-refractivity contribution in [2.75, 3.05) is 5.75 Å². The Morgan fingerprint density at radius 2 is 1.68 bits per heavy atom. The third-order valence-electron chi connectivity index (χ3n) is 6.63. The van der Waals surface area contributed by atoms with Crippen molar-refractivity contribution in [2.24, 2.45) is 5.92 Å². The molecule has 37 heavy (non-hydrogen) atoms. The van der Waals surface area contributed by atoms with Gasteiger partial charge in [0.05, 0.1) is 23.0 Å². The summed E-state index contributed by atoms with van der Waals surface area (Å²) in [5, 5.41) is 10.5. The molecule has 3 rings (SSSR count). The van der Waals surface area contributed by atoms with Gasteiger partial charge in [-0.25, -0.2) is 8.42 Å². The van der Waals surface area contributed by atoms with Gasteiger partial charge >= 0.3 is 5.97 Å². The van der Waals surface area contributed by atoms with Crippen molar-refractivity contribution >= 4 is 44.9 Å². The van der Waals surface area contributed by atoms with E-state index in [1.807, 2.05) is 13.8 Å². The number of rotatable bonds is 8. The fourth-order valence-electron chi connectivity index (χ4n) is 4.43. The van der Waals surface area contributed by atoms with Crippen LogP contribution in [-0.2, 0) is 24.2 Å². The average Bonchev–Trinajstić information content (AvgIpc) is 2.78. The summed E-state index contributed by atoms with van der Waals surface area (Å²) in [5.74, 6) is -2.31. The molecule has 0 aliphatic carbocycles. The molecule has 1 unspecified atom stereocenters. The van der Waals surface area contributed by atoms with E-state index in [0.717, 1.165) is 0 Å². The number of carboxylic acid groups (broad SMARTS) is 1. The van der Waals surface area contributed by atoms with E-state index in [4.69, 9.17) is 27.9 Å². The Morgan fingerprint density at radius 3 is 2.19 bits per heavy atom. The first-order valence-corrected chi connectivity index (χ1v) is 14.5. The highest BCUT2D eigenvalue weighted by molar-refractivity contribution is 7.92. The number of carbonyl (C=O) groups is 2. The molecular formula is C27H33Cl2NO6S. The van der Waals surface area contributed by atoms with Crippen molar-refractivity contribution in [2.45, 2.75) is 70.1 Å². The maximum Gasteiger partial charge on any atom is 0.306 e. The maximum absolute atomic E-state index is 13.9. The summed E-state index contributed by atoms with van der Waals surface area (Å²) in [4.78, 5) is 27.1. The van der Waals surface area contributed by atoms with E-state index in [1.165, 1.54) is 4.90 Å². The predicted molar refractivity (Wildman–Crippen MR) is 145 cm³/mol. The molecule has 10 heteroatoms. The summed E-state index contributed by atoms with van der Waals surface area (Å²) in [6.07, 6.45) is -2.67. The number of amides is 1. The van der Waals surface area contributed by atoms with Crippen molar-refractivity contribution in [1.29, 1.82) is 0 Å². The normalized spacial score (nSPS) is 21.8. The largest absolute Gasteiger partial charge is 0.481 e. The number of benzene rings is 2. The van der Waals surface area contributed by atoms with Crippen molar-refractivity contribution in [1.82, 2.24) is 4.90 Å². The van der Waals surface area contributed by atoms with Crippen LogP contribution in [0.2, 0.25) is 10.0 Å². The monoisotopic (exact) mass is 569 g/mol. The van der Waals surface area contributed by atoms with Crippen molar-refractivity contribution in [3.05, 3.63) is 69.7 Å². The molecule has 1 heterocycles. The highest BCUT2D eigenvalue weighted by Crippen LogP contribution is 2.45. The van der Waals surface area contributed by atoms with Crippen LogP contribution in [0.25, 0.3) is 0 Å². The molecule has 1 aliphatic heterocycles. The Balaban J connectivity index is 2.26. The van der Waals surface area contributed by atoms with Gasteiger partial charge in [0.25, 0.3) is 5.91 Å². The molecule has 0 spiro atoms. The van der Waals surface area contributed by atoms with Gasteiger partial charge in [0.2, 0.25) is 0 Å². The SMILES string of the molecule is CC(C)C(CS(=O)(=O)C(C)(C)C)N1C(=O)[C@H](CC(=O)O)O[C@H](c2cccc(Cl)c2)[C@H]1c1ccc(Cl)cc1. The molecule has 1 amide bonds. The van der Waals surface area contributed by atoms with Crippen LogP contribution >= 0.6 is 23.2 Å². The maximum atomic E-state index is 13.9. The lowest BCUT2D eigenvalue weighted by Crippen LogP contribution is -2.58. The minimum Gasteiger partial charge on any atom is -0.481 e. The topological polar surface area (TPSA) is 101 Å². The first kappa shape index (κ1) is 29.4. The zero-order valence-electron chi connectivity index (χ0n) is 21.5. The Labute approximate surface area is 228 Å². The first-order valence-electron chi connectivity index (χ1n) is 12.0. The minimum absolute atomic E-state index is 0.264. The van der Waals surface area contributed by atoms with Gasteiger partial charge in [0.15, 0.2) is 9.84 Å². The van der Waals surface area contributed by atoms with Crippen LogP contribution in [0.3, 0.4) is 0 Å². The Morgan fingerprint density at radius 1 is 1.05 bits per heavy atom. The lowest BCUT2D eigenvalue weighted by molar-refractivity contribution is -0.184. The van der Waals surface area contributed by atoms with E-state index in [-0.39, 0.29) is 11.7 Å². The third kappa shape index (κ3) is 6.66. The minimum atomic E-state index is -3.65. The van der Waals surface area contributed by atoms with Crippen LogP contribution in [0.5, 0.6) is 0 Å². The number of carbonyl (C=O) groups excluding carboxylic acids is 1. The number of hydrogen-bond donors (Lipinski definition) is 1. The van der Waals surface area contributed by atoms with Crippen LogP contribution in [0, 0.1) is 5.92 Å². The smallest absolute Gasteiger partial charge is 0.306 e. The molecule has 7 nitrogen and oxygen atoms in total. The number of sulfone groups is 1. The number of ether oxygens (including phenoxy) is 1. The molecule has 202 valence electrons. The fourth-order valence-corrected chi connectivity index (χ4v) is 6.25. The van der Waals surface area contributed by atoms with Crippen LogP contribution in [0.15, 0.2) is 48.5 Å². The van der Waals surface area contributed by atoms with Crippen molar-refractivity contribution in [3.63, 3.8) is 0 Å². The van der Waals surface area contributed by atoms with Gasteiger partial charge in [0, 0.05) is 16.1 Å². The second-order valence-electron chi connectivity index (χ2n) is 10.6. The molecule has 2 aromatic carbocycles. The Hall–Kier alpha value is -2.13. The number of aliphatic carboxylic acids is 1. The summed E-state index contributed by atoms with van der Waals surface area (Å²) in [6.45, 7) is 8.58. The van der Waals surface area contributed by atoms with Crippen LogP contribution in [-0.4, -0.2) is 52.9 Å². The highest BCUT2D eigenvalue weighted by atomic mass is 35.5. The number of morpholine rings is 1. The summed E-state index contributed by atoms with van der Waals surface area (Å²) in [5.41, 5.74) is 1.32. The molecule has 0 saturated carbocycles. The van der Waals surface area contributed by atoms with Crippen molar-refractivity contribution in [3.8, 4) is 0 Å². The Bertz CT molecular complexity index is 1240. The molecular weight excluding hydrogens is 537 g/mol. The van der Waals surface area contributed by atoms with Gasteiger partial charge in [-0.3, -0.25) is 9.59 Å². The number of nitrogens with zero attached hydrogens (tertiary/aromatic N) is 1. The van der Waals surface area contributed by atoms with E-state index in [1.54, 1.807) is 69.3 Å². The number of carboxylic acids is 1. The van der Waals surface area contributed by atoms with E-state index in [9.17, 15) is 23.1 Å². The quantitative estimate of drug-likeness (QED) is 0.436. The van der Waals surface area contributed by atoms with Crippen LogP contribution < -0.4 is 0 Å². The van der Waals surface area contributed by atoms with Crippen molar-refractivity contribution < 1.29 is 27.9 Å². The molecule has 0 bridgehead atoms. The molecule has 0 radical (unpaired) electrons. The van der Waals surface area contributed by atoms with Crippen LogP contribution in [0.1, 0.15) is 64.3 Å². The van der Waals surface area contributed by atoms with Gasteiger partial charge < -0.3 is 14.7 Å². The highest BCUT2D eigenvalue weighted by Gasteiger charge is 2.49. The first-order chi connectivity index (χ1) is 17.1. The predicted octanol–water partition coefficient (Wildman–Crippen LogP) is 5.72. The number of hydrogen-bond acceptors (Lipinski definition) is 5. The number of halogens is 2. The van der Waals surface area contributed by atoms with E-state index >= 15 is 0 Å². The standard InChI is InChI=1S/C27H33Cl2NO6S/c1-16(2)21(15-37(34,35)27(3,4)5)30-24(17-9-11-19(28)12-10-17)25(18-7-6-8-20(29)13-18)36-22(26(30)33)14-23(31)32/h6-13,16,21-22,24-25H,14-15H2,1-5H3,(H,31,32)/t21?,22-,24+,25+/m0/s1. The van der Waals surface area contributed by atoms with Crippen LogP contribution in [0.4, 0.5) is 0 Å². The van der Waals surface area contributed by atoms with Gasteiger partial charge in [-0.15, -0.1) is 0 Å². The van der Waals surface area contributed by atoms with Gasteiger partial charge in [-0.2, -0.15) is 0 Å². The summed E-state index contributed by atoms with van der Waals surface area (Å²) < 4.78 is 31.9. The lowest BCUT2D eigenvalue weighted by Gasteiger charge is -2.49. The molecule has 1 N–H and O–H groups in total. The van der Waals surface area contributed by atoms with E-state index < -0.39 is 57.2 Å². The van der Waals surface area contributed by atoms with Gasteiger partial charge in [-0.05, 0) is 62.1 Å². The molecule has 1 fully saturated rings. The summed E-state index contributed by atoms with van der Waals surface area (Å²) in [7, 11) is -3.65. The molecule has 2 aromatic rings. The second kappa shape index (κ2) is 11.3. The van der Waals surface area contributed by atoms with E-state index in [0.29, 0.717) is 21.2 Å². The van der Waals surface area contributed by atoms with Gasteiger partial charge in [-0.1, -0.05) is 61.3 Å². The lowest BCUT2D eigenvalue weighted by atomic mass is 9.88. The zero-order chi connectivity index (χ0) is 27.7. The third-order valence-corrected chi connectivity index (χ3v) is 9.76. The molecule has 0 aromatic heterocycles. The molecule has 1 aliphatic rings. The zero-order valence-corrected chi connectivity index (χ0v) is 23.8. The second-order valence-corrected chi connectivity index (χ2v) is 14.3. The Kier molecular flexibility index (Phi) is 9.00. The molecule has 4 atom stereocenters. The van der Waals surface area contributed by atoms with Gasteiger partial charge in [0.1, 0.15) is 12.2 Å². The molecule has 1 saturated heterocycles. The van der Waals surface area contributed by atoms with E-state index in [2.05, 4.69) is 0 Å². The summed E-state index contributed by atoms with van der Waals surface area (Å²) >= 11 is 12.4. The average molecular weight is 571 g/mol.